The number of thioether (sulfide) groups is 1. The zero-order chi connectivity index (χ0) is 21.8. The van der Waals surface area contributed by atoms with Crippen LogP contribution < -0.4 is 9.64 Å². The van der Waals surface area contributed by atoms with Crippen LogP contribution >= 0.6 is 11.8 Å². The van der Waals surface area contributed by atoms with Gasteiger partial charge in [-0.15, -0.1) is 11.8 Å². The van der Waals surface area contributed by atoms with Crippen LogP contribution in [0, 0.1) is 0 Å². The van der Waals surface area contributed by atoms with Crippen LogP contribution in [0.15, 0.2) is 58.3 Å². The van der Waals surface area contributed by atoms with Crippen molar-refractivity contribution in [1.29, 1.82) is 0 Å². The summed E-state index contributed by atoms with van der Waals surface area (Å²) < 4.78 is 37.8. The first kappa shape index (κ1) is 22.1. The summed E-state index contributed by atoms with van der Waals surface area (Å²) in [5, 5.41) is 0.431. The molecule has 2 heterocycles. The van der Waals surface area contributed by atoms with E-state index in [0.29, 0.717) is 43.8 Å². The van der Waals surface area contributed by atoms with E-state index in [1.54, 1.807) is 28.8 Å². The smallest absolute Gasteiger partial charge is 0.264 e. The highest BCUT2D eigenvalue weighted by Crippen LogP contribution is 2.37. The van der Waals surface area contributed by atoms with E-state index in [-0.39, 0.29) is 17.4 Å². The molecule has 1 atom stereocenters. The number of carbonyl (C=O) groups is 1. The zero-order valence-electron chi connectivity index (χ0n) is 17.4. The summed E-state index contributed by atoms with van der Waals surface area (Å²) in [5.74, 6) is 0.340. The van der Waals surface area contributed by atoms with Crippen molar-refractivity contribution in [2.24, 2.45) is 0 Å². The highest BCUT2D eigenvalue weighted by Gasteiger charge is 2.27. The molecule has 1 fully saturated rings. The number of sulfonamides is 1. The van der Waals surface area contributed by atoms with Crippen LogP contribution in [-0.2, 0) is 19.6 Å². The minimum Gasteiger partial charge on any atom is -0.484 e. The zero-order valence-corrected chi connectivity index (χ0v) is 19.0. The number of nitrogens with zero attached hydrogens (tertiary/aromatic N) is 2. The molecule has 0 radical (unpaired) electrons. The molecule has 0 N–H and O–H groups in total. The number of morpholine rings is 1. The normalized spacial score (nSPS) is 20.0. The maximum absolute atomic E-state index is 12.9. The van der Waals surface area contributed by atoms with Gasteiger partial charge in [0.05, 0.1) is 23.8 Å². The molecule has 0 aromatic heterocycles. The van der Waals surface area contributed by atoms with Crippen molar-refractivity contribution < 1.29 is 22.7 Å². The Bertz CT molecular complexity index is 1020. The fourth-order valence-corrected chi connectivity index (χ4v) is 6.13. The molecule has 0 unspecified atom stereocenters. The Morgan fingerprint density at radius 1 is 1.10 bits per heavy atom. The SMILES string of the molecule is C[C@@H]1CCN(C(=O)COc2ccc(S(=O)(=O)N3CCOCC3)cc2)c2ccccc2S1. The third kappa shape index (κ3) is 5.06. The van der Waals surface area contributed by atoms with E-state index in [2.05, 4.69) is 6.92 Å². The summed E-state index contributed by atoms with van der Waals surface area (Å²) in [6.07, 6.45) is 0.902. The number of hydrogen-bond acceptors (Lipinski definition) is 6. The van der Waals surface area contributed by atoms with Crippen LogP contribution in [0.5, 0.6) is 5.75 Å². The standard InChI is InChI=1S/C22H26N2O5S2/c1-17-10-11-24(20-4-2-3-5-21(20)30-17)22(25)16-29-18-6-8-19(9-7-18)31(26,27)23-12-14-28-15-13-23/h2-9,17H,10-16H2,1H3/t17-/m1/s1. The molecule has 31 heavy (non-hydrogen) atoms. The molecule has 2 aromatic carbocycles. The van der Waals surface area contributed by atoms with Gasteiger partial charge in [0.15, 0.2) is 6.61 Å². The summed E-state index contributed by atoms with van der Waals surface area (Å²) in [7, 11) is -3.55. The number of hydrogen-bond donors (Lipinski definition) is 0. The first-order chi connectivity index (χ1) is 14.9. The number of para-hydroxylation sites is 1. The Morgan fingerprint density at radius 2 is 1.81 bits per heavy atom. The summed E-state index contributed by atoms with van der Waals surface area (Å²) >= 11 is 1.78. The van der Waals surface area contributed by atoms with Crippen LogP contribution in [0.3, 0.4) is 0 Å². The van der Waals surface area contributed by atoms with E-state index in [1.807, 2.05) is 24.3 Å². The van der Waals surface area contributed by atoms with E-state index >= 15 is 0 Å². The second-order valence-corrected chi connectivity index (χ2v) is 10.9. The molecular weight excluding hydrogens is 436 g/mol. The molecule has 9 heteroatoms. The van der Waals surface area contributed by atoms with Crippen molar-refractivity contribution in [3.8, 4) is 5.75 Å². The number of carbonyl (C=O) groups excluding carboxylic acids is 1. The van der Waals surface area contributed by atoms with Crippen LogP contribution in [0.2, 0.25) is 0 Å². The average molecular weight is 463 g/mol. The van der Waals surface area contributed by atoms with Crippen LogP contribution in [0.25, 0.3) is 0 Å². The minimum absolute atomic E-state index is 0.108. The first-order valence-corrected chi connectivity index (χ1v) is 12.6. The molecule has 0 bridgehead atoms. The highest BCUT2D eigenvalue weighted by molar-refractivity contribution is 8.00. The van der Waals surface area contributed by atoms with Gasteiger partial charge in [-0.1, -0.05) is 19.1 Å². The van der Waals surface area contributed by atoms with Gasteiger partial charge in [-0.05, 0) is 42.8 Å². The molecule has 2 aliphatic heterocycles. The van der Waals surface area contributed by atoms with Crippen LogP contribution in [0.1, 0.15) is 13.3 Å². The molecular formula is C22H26N2O5S2. The lowest BCUT2D eigenvalue weighted by atomic mass is 10.2. The van der Waals surface area contributed by atoms with E-state index < -0.39 is 10.0 Å². The predicted molar refractivity (Wildman–Crippen MR) is 120 cm³/mol. The van der Waals surface area contributed by atoms with E-state index in [4.69, 9.17) is 9.47 Å². The Balaban J connectivity index is 1.41. The minimum atomic E-state index is -3.55. The molecule has 0 saturated carbocycles. The Kier molecular flexibility index (Phi) is 6.86. The van der Waals surface area contributed by atoms with Crippen molar-refractivity contribution in [3.63, 3.8) is 0 Å². The Morgan fingerprint density at radius 3 is 2.55 bits per heavy atom. The number of benzene rings is 2. The quantitative estimate of drug-likeness (QED) is 0.680. The molecule has 2 aromatic rings. The van der Waals surface area contributed by atoms with E-state index in [1.165, 1.54) is 16.4 Å². The van der Waals surface area contributed by atoms with Crippen molar-refractivity contribution >= 4 is 33.4 Å². The summed E-state index contributed by atoms with van der Waals surface area (Å²) in [6, 6.07) is 14.1. The molecule has 0 spiro atoms. The number of anilines is 1. The molecule has 7 nitrogen and oxygen atoms in total. The van der Waals surface area contributed by atoms with Gasteiger partial charge in [0.1, 0.15) is 5.75 Å². The van der Waals surface area contributed by atoms with Gasteiger partial charge in [0.25, 0.3) is 5.91 Å². The van der Waals surface area contributed by atoms with Crippen molar-refractivity contribution in [1.82, 2.24) is 4.31 Å². The van der Waals surface area contributed by atoms with Gasteiger partial charge >= 0.3 is 0 Å². The molecule has 2 aliphatic rings. The van der Waals surface area contributed by atoms with Gasteiger partial charge < -0.3 is 14.4 Å². The number of ether oxygens (including phenoxy) is 2. The van der Waals surface area contributed by atoms with Crippen molar-refractivity contribution in [3.05, 3.63) is 48.5 Å². The Hall–Kier alpha value is -2.07. The van der Waals surface area contributed by atoms with Crippen molar-refractivity contribution in [2.75, 3.05) is 44.4 Å². The van der Waals surface area contributed by atoms with Gasteiger partial charge in [0.2, 0.25) is 10.0 Å². The molecule has 4 rings (SSSR count). The van der Waals surface area contributed by atoms with Gasteiger partial charge in [0, 0.05) is 29.8 Å². The van der Waals surface area contributed by atoms with Gasteiger partial charge in [-0.3, -0.25) is 4.79 Å². The van der Waals surface area contributed by atoms with Crippen LogP contribution in [0.4, 0.5) is 5.69 Å². The summed E-state index contributed by atoms with van der Waals surface area (Å²) in [5.41, 5.74) is 0.914. The number of fused-ring (bicyclic) bond motifs is 1. The largest absolute Gasteiger partial charge is 0.484 e. The highest BCUT2D eigenvalue weighted by atomic mass is 32.2. The van der Waals surface area contributed by atoms with E-state index in [9.17, 15) is 13.2 Å². The molecule has 0 aliphatic carbocycles. The topological polar surface area (TPSA) is 76.2 Å². The van der Waals surface area contributed by atoms with E-state index in [0.717, 1.165) is 17.0 Å². The fourth-order valence-electron chi connectivity index (χ4n) is 3.61. The third-order valence-electron chi connectivity index (χ3n) is 5.34. The second-order valence-electron chi connectivity index (χ2n) is 7.51. The molecule has 1 amide bonds. The summed E-state index contributed by atoms with van der Waals surface area (Å²) in [6.45, 7) is 4.21. The average Bonchev–Trinajstić information content (AvgIpc) is 2.96. The first-order valence-electron chi connectivity index (χ1n) is 10.3. The van der Waals surface area contributed by atoms with Crippen LogP contribution in [-0.4, -0.2) is 63.3 Å². The second kappa shape index (κ2) is 9.60. The lowest BCUT2D eigenvalue weighted by molar-refractivity contribution is -0.120. The maximum Gasteiger partial charge on any atom is 0.264 e. The lowest BCUT2D eigenvalue weighted by Crippen LogP contribution is -2.40. The lowest BCUT2D eigenvalue weighted by Gasteiger charge is -2.26. The molecule has 166 valence electrons. The number of amides is 1. The third-order valence-corrected chi connectivity index (χ3v) is 8.49. The Labute approximate surface area is 187 Å². The van der Waals surface area contributed by atoms with Gasteiger partial charge in [-0.25, -0.2) is 8.42 Å². The molecule has 1 saturated heterocycles. The van der Waals surface area contributed by atoms with Gasteiger partial charge in [-0.2, -0.15) is 4.31 Å². The van der Waals surface area contributed by atoms with Crippen molar-refractivity contribution in [2.45, 2.75) is 28.4 Å². The summed E-state index contributed by atoms with van der Waals surface area (Å²) in [4.78, 5) is 16.0. The fraction of sp³-hybridized carbons (Fsp3) is 0.409. The maximum atomic E-state index is 12.9. The predicted octanol–water partition coefficient (Wildman–Crippen LogP) is 3.00. The number of rotatable bonds is 5. The monoisotopic (exact) mass is 462 g/mol.